The van der Waals surface area contributed by atoms with E-state index in [1.165, 1.54) is 4.57 Å². The lowest BCUT2D eigenvalue weighted by molar-refractivity contribution is 0.528. The lowest BCUT2D eigenvalue weighted by Gasteiger charge is -1.97. The van der Waals surface area contributed by atoms with Crippen molar-refractivity contribution in [3.63, 3.8) is 0 Å². The van der Waals surface area contributed by atoms with Gasteiger partial charge in [0.15, 0.2) is 5.58 Å². The van der Waals surface area contributed by atoms with Gasteiger partial charge in [0.1, 0.15) is 5.82 Å². The van der Waals surface area contributed by atoms with E-state index >= 15 is 0 Å². The summed E-state index contributed by atoms with van der Waals surface area (Å²) in [6.07, 6.45) is 1.76. The minimum atomic E-state index is -0.349. The molecule has 0 bridgehead atoms. The van der Waals surface area contributed by atoms with Crippen LogP contribution >= 0.6 is 0 Å². The van der Waals surface area contributed by atoms with E-state index in [0.29, 0.717) is 5.58 Å². The van der Waals surface area contributed by atoms with Crippen molar-refractivity contribution >= 4 is 11.1 Å². The number of imidazole rings is 1. The Balaban J connectivity index is 2.23. The van der Waals surface area contributed by atoms with Gasteiger partial charge in [-0.15, -0.1) is 0 Å². The monoisotopic (exact) mass is 229 g/mol. The lowest BCUT2D eigenvalue weighted by atomic mass is 10.1. The fourth-order valence-corrected chi connectivity index (χ4v) is 1.87. The van der Waals surface area contributed by atoms with E-state index in [0.717, 1.165) is 22.6 Å². The standard InChI is InChI=1S/C12H11N3O2/c1-7-13-6-9(14-7)8-3-4-10-11(5-8)17-12(16)15(10)2/h3-6H,1-2H3,(H,13,14). The Labute approximate surface area is 96.7 Å². The molecule has 5 heteroatoms. The van der Waals surface area contributed by atoms with Crippen LogP contribution in [0.15, 0.2) is 33.6 Å². The van der Waals surface area contributed by atoms with Crippen LogP contribution in [0.3, 0.4) is 0 Å². The van der Waals surface area contributed by atoms with Crippen LogP contribution in [0.25, 0.3) is 22.4 Å². The first-order valence-electron chi connectivity index (χ1n) is 5.27. The van der Waals surface area contributed by atoms with Crippen molar-refractivity contribution in [1.29, 1.82) is 0 Å². The molecule has 2 aromatic heterocycles. The summed E-state index contributed by atoms with van der Waals surface area (Å²) < 4.78 is 6.62. The van der Waals surface area contributed by atoms with Crippen LogP contribution in [-0.4, -0.2) is 14.5 Å². The Bertz CT molecular complexity index is 749. The molecule has 2 heterocycles. The number of aromatic amines is 1. The summed E-state index contributed by atoms with van der Waals surface area (Å²) in [5.41, 5.74) is 3.24. The van der Waals surface area contributed by atoms with Gasteiger partial charge < -0.3 is 9.40 Å². The summed E-state index contributed by atoms with van der Waals surface area (Å²) in [6, 6.07) is 5.64. The molecule has 86 valence electrons. The molecule has 0 aliphatic carbocycles. The molecule has 0 saturated carbocycles. The number of nitrogens with zero attached hydrogens (tertiary/aromatic N) is 2. The molecule has 0 atom stereocenters. The average molecular weight is 229 g/mol. The zero-order valence-corrected chi connectivity index (χ0v) is 9.52. The summed E-state index contributed by atoms with van der Waals surface area (Å²) in [5.74, 6) is 0.507. The Hall–Kier alpha value is -2.30. The van der Waals surface area contributed by atoms with Gasteiger partial charge >= 0.3 is 5.76 Å². The highest BCUT2D eigenvalue weighted by molar-refractivity contribution is 5.79. The summed E-state index contributed by atoms with van der Waals surface area (Å²) in [7, 11) is 1.69. The second-order valence-corrected chi connectivity index (χ2v) is 3.99. The second-order valence-electron chi connectivity index (χ2n) is 3.99. The van der Waals surface area contributed by atoms with E-state index in [4.69, 9.17) is 4.42 Å². The van der Waals surface area contributed by atoms with Gasteiger partial charge in [-0.05, 0) is 19.1 Å². The smallest absolute Gasteiger partial charge is 0.408 e. The molecule has 3 aromatic rings. The zero-order chi connectivity index (χ0) is 12.0. The molecule has 17 heavy (non-hydrogen) atoms. The van der Waals surface area contributed by atoms with Gasteiger partial charge in [0.05, 0.1) is 17.4 Å². The Morgan fingerprint density at radius 1 is 1.41 bits per heavy atom. The third-order valence-electron chi connectivity index (χ3n) is 2.81. The third kappa shape index (κ3) is 1.47. The van der Waals surface area contributed by atoms with Gasteiger partial charge in [0.25, 0.3) is 0 Å². The number of oxazole rings is 1. The van der Waals surface area contributed by atoms with Gasteiger partial charge in [-0.1, -0.05) is 6.07 Å². The van der Waals surface area contributed by atoms with Crippen LogP contribution in [0.2, 0.25) is 0 Å². The largest absolute Gasteiger partial charge is 0.419 e. The van der Waals surface area contributed by atoms with E-state index in [2.05, 4.69) is 9.97 Å². The molecule has 0 aliphatic heterocycles. The predicted octanol–water partition coefficient (Wildman–Crippen LogP) is 1.83. The molecule has 0 fully saturated rings. The van der Waals surface area contributed by atoms with Gasteiger partial charge in [-0.3, -0.25) is 4.57 Å². The van der Waals surface area contributed by atoms with Crippen molar-refractivity contribution in [1.82, 2.24) is 14.5 Å². The molecule has 1 aromatic carbocycles. The summed E-state index contributed by atoms with van der Waals surface area (Å²) in [5, 5.41) is 0. The van der Waals surface area contributed by atoms with Crippen LogP contribution < -0.4 is 5.76 Å². The van der Waals surface area contributed by atoms with Crippen molar-refractivity contribution in [2.45, 2.75) is 6.92 Å². The van der Waals surface area contributed by atoms with Gasteiger partial charge in [-0.2, -0.15) is 0 Å². The Kier molecular flexibility index (Phi) is 1.95. The molecule has 0 spiro atoms. The Morgan fingerprint density at radius 2 is 2.24 bits per heavy atom. The van der Waals surface area contributed by atoms with Crippen LogP contribution in [0.1, 0.15) is 5.82 Å². The molecular formula is C12H11N3O2. The molecule has 0 radical (unpaired) electrons. The van der Waals surface area contributed by atoms with Crippen molar-refractivity contribution < 1.29 is 4.42 Å². The number of fused-ring (bicyclic) bond motifs is 1. The number of H-pyrrole nitrogens is 1. The first-order chi connectivity index (χ1) is 8.15. The van der Waals surface area contributed by atoms with Gasteiger partial charge in [0, 0.05) is 12.6 Å². The first-order valence-corrected chi connectivity index (χ1v) is 5.27. The van der Waals surface area contributed by atoms with E-state index in [-0.39, 0.29) is 5.76 Å². The third-order valence-corrected chi connectivity index (χ3v) is 2.81. The highest BCUT2D eigenvalue weighted by atomic mass is 16.4. The quantitative estimate of drug-likeness (QED) is 0.692. The van der Waals surface area contributed by atoms with Crippen molar-refractivity contribution in [3.05, 3.63) is 40.8 Å². The van der Waals surface area contributed by atoms with Crippen LogP contribution in [0.4, 0.5) is 0 Å². The molecule has 0 unspecified atom stereocenters. The average Bonchev–Trinajstić information content (AvgIpc) is 2.85. The summed E-state index contributed by atoms with van der Waals surface area (Å²) >= 11 is 0. The lowest BCUT2D eigenvalue weighted by Crippen LogP contribution is -2.08. The predicted molar refractivity (Wildman–Crippen MR) is 63.8 cm³/mol. The van der Waals surface area contributed by atoms with Gasteiger partial charge in [-0.25, -0.2) is 9.78 Å². The van der Waals surface area contributed by atoms with Crippen LogP contribution in [-0.2, 0) is 7.05 Å². The minimum Gasteiger partial charge on any atom is -0.408 e. The van der Waals surface area contributed by atoms with Crippen molar-refractivity contribution in [2.24, 2.45) is 7.05 Å². The van der Waals surface area contributed by atoms with E-state index < -0.39 is 0 Å². The Morgan fingerprint density at radius 3 is 2.94 bits per heavy atom. The number of benzene rings is 1. The number of aromatic nitrogens is 3. The van der Waals surface area contributed by atoms with E-state index in [1.54, 1.807) is 13.2 Å². The molecule has 1 N–H and O–H groups in total. The van der Waals surface area contributed by atoms with Crippen molar-refractivity contribution in [2.75, 3.05) is 0 Å². The minimum absolute atomic E-state index is 0.349. The molecule has 3 rings (SSSR count). The number of rotatable bonds is 1. The second kappa shape index (κ2) is 3.35. The van der Waals surface area contributed by atoms with Crippen LogP contribution in [0, 0.1) is 6.92 Å². The highest BCUT2D eigenvalue weighted by Crippen LogP contribution is 2.22. The molecule has 5 nitrogen and oxygen atoms in total. The molecule has 0 amide bonds. The van der Waals surface area contributed by atoms with Gasteiger partial charge in [0.2, 0.25) is 0 Å². The fourth-order valence-electron chi connectivity index (χ4n) is 1.87. The number of aryl methyl sites for hydroxylation is 2. The number of nitrogens with one attached hydrogen (secondary N) is 1. The van der Waals surface area contributed by atoms with E-state index in [1.807, 2.05) is 25.1 Å². The first kappa shape index (κ1) is 9.89. The number of hydrogen-bond donors (Lipinski definition) is 1. The van der Waals surface area contributed by atoms with Crippen molar-refractivity contribution in [3.8, 4) is 11.3 Å². The maximum Gasteiger partial charge on any atom is 0.419 e. The highest BCUT2D eigenvalue weighted by Gasteiger charge is 2.08. The van der Waals surface area contributed by atoms with Crippen LogP contribution in [0.5, 0.6) is 0 Å². The molecular weight excluding hydrogens is 218 g/mol. The summed E-state index contributed by atoms with van der Waals surface area (Å²) in [4.78, 5) is 18.6. The van der Waals surface area contributed by atoms with E-state index in [9.17, 15) is 4.79 Å². The summed E-state index contributed by atoms with van der Waals surface area (Å²) in [6.45, 7) is 1.89. The maximum absolute atomic E-state index is 11.4. The normalized spacial score (nSPS) is 11.2. The number of hydrogen-bond acceptors (Lipinski definition) is 3. The molecule has 0 aliphatic rings. The topological polar surface area (TPSA) is 63.8 Å². The fraction of sp³-hybridized carbons (Fsp3) is 0.167. The SMILES string of the molecule is Cc1ncc(-c2ccc3c(c2)oc(=O)n3C)[nH]1. The molecule has 0 saturated heterocycles. The maximum atomic E-state index is 11.4. The zero-order valence-electron chi connectivity index (χ0n) is 9.52.